The molecule has 0 aliphatic heterocycles. The third-order valence-electron chi connectivity index (χ3n) is 6.47. The van der Waals surface area contributed by atoms with Gasteiger partial charge in [-0.25, -0.2) is 0 Å². The number of para-hydroxylation sites is 1. The first-order chi connectivity index (χ1) is 19.3. The van der Waals surface area contributed by atoms with E-state index in [9.17, 15) is 0 Å². The summed E-state index contributed by atoms with van der Waals surface area (Å²) in [6, 6.07) is 49.6. The molecule has 5 nitrogen and oxygen atoms in total. The topological polar surface area (TPSA) is 60.5 Å². The molecule has 5 aromatic carbocycles. The summed E-state index contributed by atoms with van der Waals surface area (Å²) in [6.45, 7) is 0. The molecular formula is C33H25N3O2Sn. The second-order valence-corrected chi connectivity index (χ2v) is 18.3. The van der Waals surface area contributed by atoms with E-state index in [0.717, 1.165) is 16.9 Å². The van der Waals surface area contributed by atoms with Gasteiger partial charge in [-0.15, -0.1) is 0 Å². The van der Waals surface area contributed by atoms with Crippen molar-refractivity contribution < 1.29 is 7.49 Å². The number of nitrogens with zero attached hydrogens (tertiary/aromatic N) is 3. The van der Waals surface area contributed by atoms with Crippen molar-refractivity contribution in [2.45, 2.75) is 0 Å². The normalized spacial score (nSPS) is 11.5. The molecule has 0 saturated carbocycles. The Bertz CT molecular complexity index is 1580. The van der Waals surface area contributed by atoms with Crippen molar-refractivity contribution in [2.75, 3.05) is 0 Å². The Kier molecular flexibility index (Phi) is 7.32. The van der Waals surface area contributed by atoms with Crippen molar-refractivity contribution in [1.82, 2.24) is 10.2 Å². The van der Waals surface area contributed by atoms with Gasteiger partial charge >= 0.3 is 233 Å². The van der Waals surface area contributed by atoms with E-state index in [1.54, 1.807) is 6.21 Å². The molecule has 39 heavy (non-hydrogen) atoms. The Morgan fingerprint density at radius 3 is 1.62 bits per heavy atom. The van der Waals surface area contributed by atoms with Crippen LogP contribution in [0.25, 0.3) is 11.5 Å². The van der Waals surface area contributed by atoms with E-state index in [1.165, 1.54) is 10.7 Å². The van der Waals surface area contributed by atoms with Crippen LogP contribution in [-0.2, 0) is 0 Å². The Labute approximate surface area is 231 Å². The predicted molar refractivity (Wildman–Crippen MR) is 158 cm³/mol. The van der Waals surface area contributed by atoms with Gasteiger partial charge in [0.2, 0.25) is 0 Å². The molecule has 0 unspecified atom stereocenters. The Balaban J connectivity index is 1.43. The molecule has 0 atom stereocenters. The molecule has 6 aromatic rings. The molecule has 0 bridgehead atoms. The van der Waals surface area contributed by atoms with Crippen molar-refractivity contribution in [3.8, 4) is 17.2 Å². The molecule has 0 saturated heterocycles. The minimum absolute atomic E-state index is 0.188. The number of rotatable bonds is 8. The molecule has 0 aliphatic carbocycles. The van der Waals surface area contributed by atoms with Crippen molar-refractivity contribution in [1.29, 1.82) is 0 Å². The summed E-state index contributed by atoms with van der Waals surface area (Å²) in [5.41, 5.74) is 1.68. The molecule has 188 valence electrons. The quantitative estimate of drug-likeness (QED) is 0.167. The van der Waals surface area contributed by atoms with Crippen molar-refractivity contribution in [3.63, 3.8) is 0 Å². The van der Waals surface area contributed by atoms with Crippen LogP contribution in [0.4, 0.5) is 6.01 Å². The number of hydrogen-bond acceptors (Lipinski definition) is 5. The maximum atomic E-state index is 7.31. The van der Waals surface area contributed by atoms with Crippen LogP contribution >= 0.6 is 0 Å². The van der Waals surface area contributed by atoms with Crippen LogP contribution in [0, 0.1) is 0 Å². The van der Waals surface area contributed by atoms with Crippen LogP contribution in [0.2, 0.25) is 0 Å². The van der Waals surface area contributed by atoms with Crippen molar-refractivity contribution in [2.24, 2.45) is 4.99 Å². The summed E-state index contributed by atoms with van der Waals surface area (Å²) < 4.78 is 16.8. The van der Waals surface area contributed by atoms with Crippen LogP contribution in [0.1, 0.15) is 5.56 Å². The second-order valence-electron chi connectivity index (χ2n) is 8.93. The van der Waals surface area contributed by atoms with Gasteiger partial charge in [0, 0.05) is 0 Å². The summed E-state index contributed by atoms with van der Waals surface area (Å²) in [5, 5.41) is 8.26. The summed E-state index contributed by atoms with van der Waals surface area (Å²) in [7, 11) is 0. The molecule has 0 amide bonds. The molecule has 0 N–H and O–H groups in total. The first-order valence-electron chi connectivity index (χ1n) is 12.7. The van der Waals surface area contributed by atoms with Gasteiger partial charge in [-0.2, -0.15) is 0 Å². The third kappa shape index (κ3) is 5.26. The number of aliphatic imine (C=N–C) groups is 1. The molecule has 6 heteroatoms. The van der Waals surface area contributed by atoms with Gasteiger partial charge in [0.15, 0.2) is 0 Å². The monoisotopic (exact) mass is 615 g/mol. The second kappa shape index (κ2) is 11.5. The third-order valence-corrected chi connectivity index (χ3v) is 17.8. The fourth-order valence-corrected chi connectivity index (χ4v) is 15.6. The summed E-state index contributed by atoms with van der Waals surface area (Å²) in [5.74, 6) is 1.19. The zero-order valence-electron chi connectivity index (χ0n) is 21.1. The molecular weight excluding hydrogens is 589 g/mol. The van der Waals surface area contributed by atoms with E-state index in [-0.39, 0.29) is 6.01 Å². The predicted octanol–water partition coefficient (Wildman–Crippen LogP) is 5.53. The fraction of sp³-hybridized carbons (Fsp3) is 0. The zero-order valence-corrected chi connectivity index (χ0v) is 23.9. The van der Waals surface area contributed by atoms with Gasteiger partial charge in [-0.3, -0.25) is 0 Å². The SMILES string of the molecule is C(=N\c1nnc(-c2ccccc2)o1)/c1ccccc1[O][Sn]([c]1ccccc1)([c]1ccccc1)[c]1ccccc1. The van der Waals surface area contributed by atoms with E-state index in [4.69, 9.17) is 7.49 Å². The zero-order chi connectivity index (χ0) is 26.3. The van der Waals surface area contributed by atoms with Crippen molar-refractivity contribution >= 4 is 41.8 Å². The van der Waals surface area contributed by atoms with Crippen LogP contribution < -0.4 is 13.8 Å². The average molecular weight is 614 g/mol. The van der Waals surface area contributed by atoms with Crippen LogP contribution in [0.15, 0.2) is 155 Å². The number of hydrogen-bond donors (Lipinski definition) is 0. The summed E-state index contributed by atoms with van der Waals surface area (Å²) in [6.07, 6.45) is 1.73. The van der Waals surface area contributed by atoms with Gasteiger partial charge < -0.3 is 0 Å². The fourth-order valence-electron chi connectivity index (χ4n) is 4.63. The van der Waals surface area contributed by atoms with E-state index in [2.05, 4.69) is 88.0 Å². The standard InChI is InChI=1S/C15H11N3O2.3C6H5.Sn/c19-13-9-5-4-8-12(13)10-16-15-18-17-14(20-15)11-6-2-1-3-7-11;3*1-2-4-6-5-3-1;/h1-10,19H;3*1-5H;/q;;;;+1/p-1/b16-10+;;;;. The van der Waals surface area contributed by atoms with Gasteiger partial charge in [0.1, 0.15) is 0 Å². The number of benzene rings is 5. The Morgan fingerprint density at radius 2 is 1.05 bits per heavy atom. The van der Waals surface area contributed by atoms with E-state index >= 15 is 0 Å². The molecule has 0 radical (unpaired) electrons. The van der Waals surface area contributed by atoms with Gasteiger partial charge in [0.25, 0.3) is 0 Å². The van der Waals surface area contributed by atoms with Gasteiger partial charge in [-0.05, 0) is 0 Å². The molecule has 0 aliphatic rings. The molecule has 0 spiro atoms. The van der Waals surface area contributed by atoms with E-state index in [1.807, 2.05) is 72.8 Å². The van der Waals surface area contributed by atoms with Gasteiger partial charge in [0.05, 0.1) is 0 Å². The van der Waals surface area contributed by atoms with Crippen LogP contribution in [0.5, 0.6) is 5.75 Å². The Hall–Kier alpha value is -4.49. The minimum atomic E-state index is -4.01. The summed E-state index contributed by atoms with van der Waals surface area (Å²) >= 11 is -4.01. The first-order valence-corrected chi connectivity index (χ1v) is 18.2. The molecule has 1 aromatic heterocycles. The summed E-state index contributed by atoms with van der Waals surface area (Å²) in [4.78, 5) is 4.51. The molecule has 6 rings (SSSR count). The van der Waals surface area contributed by atoms with E-state index < -0.39 is 18.8 Å². The van der Waals surface area contributed by atoms with Crippen LogP contribution in [-0.4, -0.2) is 35.2 Å². The maximum absolute atomic E-state index is 7.31. The van der Waals surface area contributed by atoms with Crippen molar-refractivity contribution in [3.05, 3.63) is 151 Å². The van der Waals surface area contributed by atoms with Gasteiger partial charge in [-0.1, -0.05) is 0 Å². The average Bonchev–Trinajstić information content (AvgIpc) is 3.50. The Morgan fingerprint density at radius 1 is 0.564 bits per heavy atom. The molecule has 0 fully saturated rings. The first kappa shape index (κ1) is 24.8. The van der Waals surface area contributed by atoms with E-state index in [0.29, 0.717) is 5.89 Å². The van der Waals surface area contributed by atoms with Crippen LogP contribution in [0.3, 0.4) is 0 Å². The molecule has 1 heterocycles. The number of aromatic nitrogens is 2.